The minimum absolute atomic E-state index is 0.0509. The number of rotatable bonds is 8. The first-order valence-corrected chi connectivity index (χ1v) is 13.3. The van der Waals surface area contributed by atoms with Gasteiger partial charge in [0, 0.05) is 38.4 Å². The van der Waals surface area contributed by atoms with Gasteiger partial charge in [0.2, 0.25) is 20.0 Å². The van der Waals surface area contributed by atoms with Gasteiger partial charge in [-0.15, -0.1) is 0 Å². The largest absolute Gasteiger partial charge is 0.378 e. The first-order valence-electron chi connectivity index (χ1n) is 10.4. The molecule has 174 valence electrons. The Bertz CT molecular complexity index is 1180. The number of Topliss-reactive ketones (excluding diaryl/α,β-unsaturated/α-hetero) is 1. The van der Waals surface area contributed by atoms with Gasteiger partial charge < -0.3 is 5.32 Å². The molecule has 1 atom stereocenters. The number of anilines is 1. The molecule has 1 N–H and O–H groups in total. The zero-order valence-corrected chi connectivity index (χ0v) is 20.1. The highest BCUT2D eigenvalue weighted by atomic mass is 32.2. The molecule has 1 saturated heterocycles. The molecule has 3 rings (SSSR count). The highest BCUT2D eigenvalue weighted by Gasteiger charge is 2.28. The van der Waals surface area contributed by atoms with Crippen LogP contribution in [0.2, 0.25) is 0 Å². The molecule has 0 amide bonds. The van der Waals surface area contributed by atoms with Crippen LogP contribution >= 0.6 is 0 Å². The monoisotopic (exact) mass is 479 g/mol. The number of ketones is 1. The number of nitrogens with zero attached hydrogens (tertiary/aromatic N) is 2. The number of hydrogen-bond acceptors (Lipinski definition) is 6. The van der Waals surface area contributed by atoms with Gasteiger partial charge in [-0.1, -0.05) is 19.1 Å². The van der Waals surface area contributed by atoms with Crippen molar-refractivity contribution in [2.24, 2.45) is 5.92 Å². The standard InChI is InChI=1S/C22H29N3O5S2/c1-17-6-5-13-25(16-17)32(29,30)20-11-9-19(10-12-20)23-15-22(26)18-7-4-8-21(14-18)31(27,28)24(2)3/h4,7-12,14,17,23H,5-6,13,15-16H2,1-3H3. The minimum Gasteiger partial charge on any atom is -0.378 e. The molecule has 0 aliphatic carbocycles. The Kier molecular flexibility index (Phi) is 7.39. The van der Waals surface area contributed by atoms with Gasteiger partial charge in [-0.25, -0.2) is 21.1 Å². The SMILES string of the molecule is CC1CCCN(S(=O)(=O)c2ccc(NCC(=O)c3cccc(S(=O)(=O)N(C)C)c3)cc2)C1. The lowest BCUT2D eigenvalue weighted by Gasteiger charge is -2.30. The molecule has 32 heavy (non-hydrogen) atoms. The Morgan fingerprint density at radius 3 is 2.38 bits per heavy atom. The fourth-order valence-corrected chi connectivity index (χ4v) is 6.13. The van der Waals surface area contributed by atoms with Crippen molar-refractivity contribution in [1.29, 1.82) is 0 Å². The van der Waals surface area contributed by atoms with Crippen LogP contribution in [0.15, 0.2) is 58.3 Å². The number of piperidine rings is 1. The lowest BCUT2D eigenvalue weighted by atomic mass is 10.0. The Hall–Kier alpha value is -2.27. The van der Waals surface area contributed by atoms with Gasteiger partial charge in [-0.3, -0.25) is 4.79 Å². The molecular weight excluding hydrogens is 450 g/mol. The normalized spacial score (nSPS) is 17.9. The highest BCUT2D eigenvalue weighted by molar-refractivity contribution is 7.89. The fraction of sp³-hybridized carbons (Fsp3) is 0.409. The van der Waals surface area contributed by atoms with Crippen molar-refractivity contribution < 1.29 is 21.6 Å². The molecule has 1 aliphatic heterocycles. The minimum atomic E-state index is -3.63. The van der Waals surface area contributed by atoms with Crippen molar-refractivity contribution in [3.8, 4) is 0 Å². The second kappa shape index (κ2) is 9.70. The maximum Gasteiger partial charge on any atom is 0.243 e. The van der Waals surface area contributed by atoms with Gasteiger partial charge in [-0.2, -0.15) is 4.31 Å². The summed E-state index contributed by atoms with van der Waals surface area (Å²) in [6.07, 6.45) is 1.89. The van der Waals surface area contributed by atoms with Crippen LogP contribution in [-0.4, -0.2) is 65.0 Å². The van der Waals surface area contributed by atoms with Gasteiger partial charge >= 0.3 is 0 Å². The zero-order valence-electron chi connectivity index (χ0n) is 18.5. The van der Waals surface area contributed by atoms with Gasteiger partial charge in [-0.05, 0) is 55.2 Å². The third kappa shape index (κ3) is 5.37. The molecule has 1 unspecified atom stereocenters. The number of hydrogen-bond donors (Lipinski definition) is 1. The van der Waals surface area contributed by atoms with Gasteiger partial charge in [0.25, 0.3) is 0 Å². The quantitative estimate of drug-likeness (QED) is 0.584. The van der Waals surface area contributed by atoms with Gasteiger partial charge in [0.1, 0.15) is 0 Å². The summed E-state index contributed by atoms with van der Waals surface area (Å²) in [7, 11) is -4.30. The molecule has 0 saturated carbocycles. The van der Waals surface area contributed by atoms with Gasteiger partial charge in [0.15, 0.2) is 5.78 Å². The summed E-state index contributed by atoms with van der Waals surface area (Å²) < 4.78 is 52.9. The summed E-state index contributed by atoms with van der Waals surface area (Å²) >= 11 is 0. The van der Waals surface area contributed by atoms with E-state index in [1.807, 2.05) is 0 Å². The van der Waals surface area contributed by atoms with E-state index in [9.17, 15) is 21.6 Å². The van der Waals surface area contributed by atoms with E-state index in [2.05, 4.69) is 12.2 Å². The second-order valence-corrected chi connectivity index (χ2v) is 12.3. The van der Waals surface area contributed by atoms with Crippen molar-refractivity contribution in [3.05, 3.63) is 54.1 Å². The highest BCUT2D eigenvalue weighted by Crippen LogP contribution is 2.24. The molecule has 0 spiro atoms. The predicted octanol–water partition coefficient (Wildman–Crippen LogP) is 2.65. The van der Waals surface area contributed by atoms with Crippen molar-refractivity contribution in [2.75, 3.05) is 39.0 Å². The molecular formula is C22H29N3O5S2. The second-order valence-electron chi connectivity index (χ2n) is 8.23. The fourth-order valence-electron chi connectivity index (χ4n) is 3.58. The van der Waals surface area contributed by atoms with Crippen molar-refractivity contribution in [2.45, 2.75) is 29.6 Å². The van der Waals surface area contributed by atoms with Crippen molar-refractivity contribution in [1.82, 2.24) is 8.61 Å². The Balaban J connectivity index is 1.66. The zero-order chi connectivity index (χ0) is 23.5. The van der Waals surface area contributed by atoms with Crippen LogP contribution in [0.5, 0.6) is 0 Å². The van der Waals surface area contributed by atoms with Crippen LogP contribution in [0.3, 0.4) is 0 Å². The summed E-state index contributed by atoms with van der Waals surface area (Å²) in [5.41, 5.74) is 0.875. The van der Waals surface area contributed by atoms with Crippen LogP contribution in [0, 0.1) is 5.92 Å². The Labute approximate surface area is 190 Å². The van der Waals surface area contributed by atoms with Crippen LogP contribution in [0.25, 0.3) is 0 Å². The number of carbonyl (C=O) groups is 1. The van der Waals surface area contributed by atoms with E-state index < -0.39 is 20.0 Å². The van der Waals surface area contributed by atoms with E-state index in [1.165, 1.54) is 48.7 Å². The lowest BCUT2D eigenvalue weighted by molar-refractivity contribution is 0.101. The van der Waals surface area contributed by atoms with Crippen LogP contribution in [0.4, 0.5) is 5.69 Å². The summed E-state index contributed by atoms with van der Waals surface area (Å²) in [5.74, 6) is 0.0662. The third-order valence-electron chi connectivity index (χ3n) is 5.50. The molecule has 0 aromatic heterocycles. The maximum atomic E-state index is 12.9. The van der Waals surface area contributed by atoms with Crippen molar-refractivity contribution in [3.63, 3.8) is 0 Å². The van der Waals surface area contributed by atoms with E-state index >= 15 is 0 Å². The smallest absolute Gasteiger partial charge is 0.243 e. The molecule has 1 aliphatic rings. The van der Waals surface area contributed by atoms with E-state index in [0.717, 1.165) is 17.1 Å². The summed E-state index contributed by atoms with van der Waals surface area (Å²) in [6.45, 7) is 3.06. The van der Waals surface area contributed by atoms with Crippen LogP contribution < -0.4 is 5.32 Å². The number of sulfonamides is 2. The van der Waals surface area contributed by atoms with E-state index in [1.54, 1.807) is 18.2 Å². The molecule has 8 nitrogen and oxygen atoms in total. The molecule has 2 aromatic carbocycles. The summed E-state index contributed by atoms with van der Waals surface area (Å²) in [6, 6.07) is 12.2. The molecule has 10 heteroatoms. The van der Waals surface area contributed by atoms with Crippen LogP contribution in [0.1, 0.15) is 30.1 Å². The Morgan fingerprint density at radius 1 is 1.06 bits per heavy atom. The third-order valence-corrected chi connectivity index (χ3v) is 9.19. The van der Waals surface area contributed by atoms with E-state index in [4.69, 9.17) is 0 Å². The first kappa shape index (κ1) is 24.4. The molecule has 1 heterocycles. The molecule has 1 fully saturated rings. The van der Waals surface area contributed by atoms with E-state index in [0.29, 0.717) is 24.7 Å². The molecule has 2 aromatic rings. The summed E-state index contributed by atoms with van der Waals surface area (Å²) in [5, 5.41) is 2.97. The summed E-state index contributed by atoms with van der Waals surface area (Å²) in [4.78, 5) is 12.8. The van der Waals surface area contributed by atoms with E-state index in [-0.39, 0.29) is 27.7 Å². The average molecular weight is 480 g/mol. The molecule has 0 radical (unpaired) electrons. The maximum absolute atomic E-state index is 12.9. The van der Waals surface area contributed by atoms with Crippen molar-refractivity contribution >= 4 is 31.5 Å². The predicted molar refractivity (Wildman–Crippen MR) is 124 cm³/mol. The number of nitrogens with one attached hydrogen (secondary N) is 1. The lowest BCUT2D eigenvalue weighted by Crippen LogP contribution is -2.39. The topological polar surface area (TPSA) is 104 Å². The van der Waals surface area contributed by atoms with Gasteiger partial charge in [0.05, 0.1) is 16.3 Å². The van der Waals surface area contributed by atoms with Crippen LogP contribution in [-0.2, 0) is 20.0 Å². The number of carbonyl (C=O) groups excluding carboxylic acids is 1. The number of benzene rings is 2. The molecule has 0 bridgehead atoms. The first-order chi connectivity index (χ1) is 15.0. The average Bonchev–Trinajstić information content (AvgIpc) is 2.77. The Morgan fingerprint density at radius 2 is 1.75 bits per heavy atom.